The molecule has 25 heavy (non-hydrogen) atoms. The second kappa shape index (κ2) is 6.63. The van der Waals surface area contributed by atoms with Crippen LogP contribution < -0.4 is 10.5 Å². The molecule has 0 saturated carbocycles. The first-order valence-electron chi connectivity index (χ1n) is 7.79. The van der Waals surface area contributed by atoms with Crippen molar-refractivity contribution in [2.45, 2.75) is 0 Å². The van der Waals surface area contributed by atoms with Crippen molar-refractivity contribution in [2.75, 3.05) is 31.2 Å². The van der Waals surface area contributed by atoms with Crippen molar-refractivity contribution in [3.05, 3.63) is 57.1 Å². The number of nitrogens with zero attached hydrogens (tertiary/aromatic N) is 4. The van der Waals surface area contributed by atoms with E-state index >= 15 is 0 Å². The molecule has 0 spiro atoms. The summed E-state index contributed by atoms with van der Waals surface area (Å²) in [6.45, 7) is 2.78. The molecule has 0 N–H and O–H groups in total. The van der Waals surface area contributed by atoms with Crippen LogP contribution in [0.5, 0.6) is 0 Å². The molecule has 0 unspecified atom stereocenters. The van der Waals surface area contributed by atoms with Crippen molar-refractivity contribution in [3.63, 3.8) is 0 Å². The number of ether oxygens (including phenoxy) is 1. The van der Waals surface area contributed by atoms with Crippen LogP contribution in [0, 0.1) is 0 Å². The van der Waals surface area contributed by atoms with Crippen molar-refractivity contribution in [1.82, 2.24) is 14.5 Å². The maximum atomic E-state index is 12.8. The van der Waals surface area contributed by atoms with Crippen LogP contribution in [-0.2, 0) is 4.74 Å². The summed E-state index contributed by atoms with van der Waals surface area (Å²) in [7, 11) is 0. The molecule has 6 nitrogen and oxygen atoms in total. The lowest BCUT2D eigenvalue weighted by atomic mass is 10.2. The summed E-state index contributed by atoms with van der Waals surface area (Å²) in [5.74, 6) is 0.610. The molecule has 128 valence electrons. The van der Waals surface area contributed by atoms with Crippen molar-refractivity contribution < 1.29 is 4.74 Å². The molecule has 0 atom stereocenters. The SMILES string of the molecule is O=c1c2cnc(N3CCOCC3)nc2ccn1-c1cc(Cl)cc(Cl)c1. The van der Waals surface area contributed by atoms with Gasteiger partial charge in [-0.1, -0.05) is 23.2 Å². The van der Waals surface area contributed by atoms with Gasteiger partial charge in [0.1, 0.15) is 0 Å². The number of anilines is 1. The molecule has 8 heteroatoms. The highest BCUT2D eigenvalue weighted by Gasteiger charge is 2.15. The van der Waals surface area contributed by atoms with Gasteiger partial charge >= 0.3 is 0 Å². The molecule has 0 amide bonds. The summed E-state index contributed by atoms with van der Waals surface area (Å²) in [4.78, 5) is 23.7. The highest BCUT2D eigenvalue weighted by molar-refractivity contribution is 6.34. The summed E-state index contributed by atoms with van der Waals surface area (Å²) in [6, 6.07) is 6.78. The van der Waals surface area contributed by atoms with Crippen LogP contribution in [-0.4, -0.2) is 40.8 Å². The predicted octanol–water partition coefficient (Wildman–Crippen LogP) is 2.92. The minimum atomic E-state index is -0.218. The standard InChI is InChI=1S/C17H14Cl2N4O2/c18-11-7-12(19)9-13(8-11)23-2-1-15-14(16(23)24)10-20-17(21-15)22-3-5-25-6-4-22/h1-2,7-10H,3-6H2. The molecule has 0 radical (unpaired) electrons. The first-order chi connectivity index (χ1) is 12.1. The summed E-state index contributed by atoms with van der Waals surface area (Å²) in [5.41, 5.74) is 0.983. The van der Waals surface area contributed by atoms with Crippen LogP contribution in [0.2, 0.25) is 10.0 Å². The Bertz CT molecular complexity index is 979. The van der Waals surface area contributed by atoms with Crippen LogP contribution in [0.4, 0.5) is 5.95 Å². The summed E-state index contributed by atoms with van der Waals surface area (Å²) < 4.78 is 6.82. The van der Waals surface area contributed by atoms with Crippen molar-refractivity contribution in [1.29, 1.82) is 0 Å². The average Bonchev–Trinajstić information content (AvgIpc) is 2.61. The van der Waals surface area contributed by atoms with E-state index in [-0.39, 0.29) is 5.56 Å². The van der Waals surface area contributed by atoms with E-state index in [2.05, 4.69) is 9.97 Å². The van der Waals surface area contributed by atoms with Crippen molar-refractivity contribution in [3.8, 4) is 5.69 Å². The van der Waals surface area contributed by atoms with Crippen LogP contribution in [0.3, 0.4) is 0 Å². The molecule has 1 saturated heterocycles. The molecule has 1 aromatic carbocycles. The Kier molecular flexibility index (Phi) is 4.33. The van der Waals surface area contributed by atoms with Crippen LogP contribution in [0.25, 0.3) is 16.6 Å². The van der Waals surface area contributed by atoms with Gasteiger partial charge in [0.25, 0.3) is 5.56 Å². The third-order valence-corrected chi connectivity index (χ3v) is 4.49. The minimum absolute atomic E-state index is 0.218. The van der Waals surface area contributed by atoms with E-state index in [9.17, 15) is 4.79 Å². The summed E-state index contributed by atoms with van der Waals surface area (Å²) >= 11 is 12.1. The molecule has 3 aromatic rings. The van der Waals surface area contributed by atoms with E-state index in [1.165, 1.54) is 4.57 Å². The number of halogens is 2. The van der Waals surface area contributed by atoms with Crippen molar-refractivity contribution >= 4 is 40.1 Å². The lowest BCUT2D eigenvalue weighted by Gasteiger charge is -2.26. The average molecular weight is 377 g/mol. The Morgan fingerprint density at radius 2 is 1.80 bits per heavy atom. The first kappa shape index (κ1) is 16.3. The molecule has 3 heterocycles. The fourth-order valence-electron chi connectivity index (χ4n) is 2.82. The predicted molar refractivity (Wildman–Crippen MR) is 98.2 cm³/mol. The molecule has 1 aliphatic heterocycles. The third-order valence-electron chi connectivity index (χ3n) is 4.06. The largest absolute Gasteiger partial charge is 0.378 e. The molecule has 1 fully saturated rings. The van der Waals surface area contributed by atoms with E-state index in [0.29, 0.717) is 45.8 Å². The zero-order chi connectivity index (χ0) is 17.4. The van der Waals surface area contributed by atoms with E-state index in [1.807, 2.05) is 4.90 Å². The topological polar surface area (TPSA) is 60.3 Å². The van der Waals surface area contributed by atoms with Gasteiger partial charge in [-0.25, -0.2) is 9.97 Å². The molecular formula is C17H14Cl2N4O2. The Morgan fingerprint density at radius 1 is 1.08 bits per heavy atom. The molecule has 4 rings (SSSR count). The van der Waals surface area contributed by atoms with Crippen molar-refractivity contribution in [2.24, 2.45) is 0 Å². The molecule has 2 aromatic heterocycles. The molecule has 0 bridgehead atoms. The Hall–Kier alpha value is -2.15. The van der Waals surface area contributed by atoms with Crippen LogP contribution in [0.15, 0.2) is 41.5 Å². The fourth-order valence-corrected chi connectivity index (χ4v) is 3.33. The van der Waals surface area contributed by atoms with E-state index in [0.717, 1.165) is 13.1 Å². The fraction of sp³-hybridized carbons (Fsp3) is 0.235. The van der Waals surface area contributed by atoms with Gasteiger partial charge in [-0.05, 0) is 24.3 Å². The lowest BCUT2D eigenvalue weighted by Crippen LogP contribution is -2.37. The van der Waals surface area contributed by atoms with Gasteiger partial charge in [-0.3, -0.25) is 9.36 Å². The normalized spacial score (nSPS) is 14.9. The van der Waals surface area contributed by atoms with Gasteiger partial charge in [0.05, 0.1) is 29.8 Å². The molecule has 0 aliphatic carbocycles. The van der Waals surface area contributed by atoms with Gasteiger partial charge in [0.15, 0.2) is 0 Å². The van der Waals surface area contributed by atoms with E-state index in [1.54, 1.807) is 36.7 Å². The monoisotopic (exact) mass is 376 g/mol. The molecular weight excluding hydrogens is 363 g/mol. The van der Waals surface area contributed by atoms with Crippen LogP contribution >= 0.6 is 23.2 Å². The number of rotatable bonds is 2. The summed E-state index contributed by atoms with van der Waals surface area (Å²) in [6.07, 6.45) is 3.24. The first-order valence-corrected chi connectivity index (χ1v) is 8.55. The van der Waals surface area contributed by atoms with Gasteiger partial charge in [-0.2, -0.15) is 0 Å². The maximum absolute atomic E-state index is 12.8. The van der Waals surface area contributed by atoms with E-state index in [4.69, 9.17) is 27.9 Å². The number of pyridine rings is 1. The Morgan fingerprint density at radius 3 is 2.52 bits per heavy atom. The number of fused-ring (bicyclic) bond motifs is 1. The third kappa shape index (κ3) is 3.20. The smallest absolute Gasteiger partial charge is 0.266 e. The Balaban J connectivity index is 1.79. The summed E-state index contributed by atoms with van der Waals surface area (Å²) in [5, 5.41) is 1.37. The second-order valence-corrected chi connectivity index (χ2v) is 6.56. The number of hydrogen-bond donors (Lipinski definition) is 0. The lowest BCUT2D eigenvalue weighted by molar-refractivity contribution is 0.122. The molecule has 1 aliphatic rings. The van der Waals surface area contributed by atoms with E-state index < -0.39 is 0 Å². The Labute approximate surface area is 153 Å². The van der Waals surface area contributed by atoms with Gasteiger partial charge in [-0.15, -0.1) is 0 Å². The quantitative estimate of drug-likeness (QED) is 0.687. The highest BCUT2D eigenvalue weighted by atomic mass is 35.5. The zero-order valence-corrected chi connectivity index (χ0v) is 14.7. The number of aromatic nitrogens is 3. The second-order valence-electron chi connectivity index (χ2n) is 5.69. The van der Waals surface area contributed by atoms with Gasteiger partial charge in [0, 0.05) is 35.5 Å². The minimum Gasteiger partial charge on any atom is -0.378 e. The van der Waals surface area contributed by atoms with Gasteiger partial charge in [0.2, 0.25) is 5.95 Å². The highest BCUT2D eigenvalue weighted by Crippen LogP contribution is 2.22. The van der Waals surface area contributed by atoms with Gasteiger partial charge < -0.3 is 9.64 Å². The maximum Gasteiger partial charge on any atom is 0.266 e. The number of benzene rings is 1. The van der Waals surface area contributed by atoms with Crippen LogP contribution in [0.1, 0.15) is 0 Å². The number of hydrogen-bond acceptors (Lipinski definition) is 5. The number of morpholine rings is 1. The zero-order valence-electron chi connectivity index (χ0n) is 13.2.